The van der Waals surface area contributed by atoms with E-state index in [4.69, 9.17) is 0 Å². The van der Waals surface area contributed by atoms with Gasteiger partial charge in [0, 0.05) is 18.7 Å². The molecule has 0 aliphatic carbocycles. The molecule has 1 fully saturated rings. The van der Waals surface area contributed by atoms with Crippen molar-refractivity contribution in [3.63, 3.8) is 0 Å². The molecular formula is C14H19F2N3O. The van der Waals surface area contributed by atoms with Crippen molar-refractivity contribution in [3.05, 3.63) is 29.8 Å². The molecule has 0 spiro atoms. The first-order valence-corrected chi connectivity index (χ1v) is 6.80. The molecule has 110 valence electrons. The molecule has 1 aromatic carbocycles. The molecule has 0 radical (unpaired) electrons. The molecule has 1 aliphatic heterocycles. The zero-order chi connectivity index (χ0) is 14.5. The van der Waals surface area contributed by atoms with Crippen LogP contribution < -0.4 is 10.6 Å². The van der Waals surface area contributed by atoms with Gasteiger partial charge < -0.3 is 10.6 Å². The summed E-state index contributed by atoms with van der Waals surface area (Å²) in [5.74, 6) is -1.71. The van der Waals surface area contributed by atoms with Gasteiger partial charge in [0.15, 0.2) is 0 Å². The van der Waals surface area contributed by atoms with Gasteiger partial charge in [0.25, 0.3) is 0 Å². The van der Waals surface area contributed by atoms with Crippen molar-refractivity contribution in [2.45, 2.75) is 19.4 Å². The van der Waals surface area contributed by atoms with Crippen LogP contribution in [0.4, 0.5) is 14.5 Å². The quantitative estimate of drug-likeness (QED) is 0.862. The highest BCUT2D eigenvalue weighted by molar-refractivity contribution is 5.92. The Labute approximate surface area is 117 Å². The maximum Gasteiger partial charge on any atom is 0.238 e. The summed E-state index contributed by atoms with van der Waals surface area (Å²) in [6.45, 7) is 4.77. The summed E-state index contributed by atoms with van der Waals surface area (Å²) >= 11 is 0. The minimum absolute atomic E-state index is 0.0111. The van der Waals surface area contributed by atoms with Gasteiger partial charge in [-0.3, -0.25) is 9.69 Å². The summed E-state index contributed by atoms with van der Waals surface area (Å²) < 4.78 is 26.2. The Morgan fingerprint density at radius 1 is 1.50 bits per heavy atom. The Hall–Kier alpha value is -1.53. The van der Waals surface area contributed by atoms with Gasteiger partial charge in [0.05, 0.1) is 12.2 Å². The Kier molecular flexibility index (Phi) is 5.03. The molecular weight excluding hydrogens is 264 g/mol. The van der Waals surface area contributed by atoms with E-state index in [1.807, 2.05) is 6.92 Å². The van der Waals surface area contributed by atoms with Crippen molar-refractivity contribution >= 4 is 11.6 Å². The van der Waals surface area contributed by atoms with Crippen LogP contribution in [0.1, 0.15) is 13.3 Å². The molecule has 1 atom stereocenters. The van der Waals surface area contributed by atoms with Crippen LogP contribution in [0.3, 0.4) is 0 Å². The first-order chi connectivity index (χ1) is 9.60. The number of rotatable bonds is 5. The average molecular weight is 283 g/mol. The van der Waals surface area contributed by atoms with Crippen molar-refractivity contribution in [1.82, 2.24) is 10.2 Å². The number of carbonyl (C=O) groups excluding carboxylic acids is 1. The van der Waals surface area contributed by atoms with Gasteiger partial charge in [-0.15, -0.1) is 0 Å². The second-order valence-electron chi connectivity index (χ2n) is 4.88. The number of benzene rings is 1. The van der Waals surface area contributed by atoms with Crippen LogP contribution in [-0.2, 0) is 4.79 Å². The minimum Gasteiger partial charge on any atom is -0.322 e. The second kappa shape index (κ2) is 6.76. The van der Waals surface area contributed by atoms with Crippen molar-refractivity contribution in [2.24, 2.45) is 0 Å². The summed E-state index contributed by atoms with van der Waals surface area (Å²) in [5, 5.41) is 5.73. The zero-order valence-electron chi connectivity index (χ0n) is 11.5. The molecule has 1 saturated heterocycles. The molecule has 2 rings (SSSR count). The number of carbonyl (C=O) groups is 1. The van der Waals surface area contributed by atoms with Gasteiger partial charge in [-0.1, -0.05) is 6.92 Å². The zero-order valence-corrected chi connectivity index (χ0v) is 11.5. The van der Waals surface area contributed by atoms with E-state index < -0.39 is 11.6 Å². The molecule has 4 nitrogen and oxygen atoms in total. The van der Waals surface area contributed by atoms with Crippen molar-refractivity contribution in [2.75, 3.05) is 31.5 Å². The normalized spacial score (nSPS) is 18.5. The summed E-state index contributed by atoms with van der Waals surface area (Å²) in [5.41, 5.74) is 0.0111. The van der Waals surface area contributed by atoms with Gasteiger partial charge in [-0.25, -0.2) is 8.78 Å². The van der Waals surface area contributed by atoms with E-state index in [0.717, 1.165) is 38.2 Å². The molecule has 0 bridgehead atoms. The number of anilines is 1. The summed E-state index contributed by atoms with van der Waals surface area (Å²) in [7, 11) is 0. The molecule has 2 N–H and O–H groups in total. The summed E-state index contributed by atoms with van der Waals surface area (Å²) in [4.78, 5) is 14.0. The number of nitrogens with zero attached hydrogens (tertiary/aromatic N) is 1. The molecule has 6 heteroatoms. The SMILES string of the molecule is CCN(CC(=O)Nc1ccc(F)cc1F)C1CCNC1. The predicted octanol–water partition coefficient (Wildman–Crippen LogP) is 1.59. The smallest absolute Gasteiger partial charge is 0.238 e. The number of hydrogen-bond donors (Lipinski definition) is 2. The maximum absolute atomic E-state index is 13.5. The van der Waals surface area contributed by atoms with Crippen LogP contribution in [0.15, 0.2) is 18.2 Å². The number of likely N-dealkylation sites (N-methyl/N-ethyl adjacent to an activating group) is 1. The van der Waals surface area contributed by atoms with E-state index in [1.165, 1.54) is 6.07 Å². The van der Waals surface area contributed by atoms with Crippen LogP contribution in [0.25, 0.3) is 0 Å². The highest BCUT2D eigenvalue weighted by Crippen LogP contribution is 2.15. The topological polar surface area (TPSA) is 44.4 Å². The van der Waals surface area contributed by atoms with Gasteiger partial charge in [-0.05, 0) is 31.6 Å². The van der Waals surface area contributed by atoms with Crippen molar-refractivity contribution in [1.29, 1.82) is 0 Å². The lowest BCUT2D eigenvalue weighted by molar-refractivity contribution is -0.117. The molecule has 1 unspecified atom stereocenters. The fourth-order valence-corrected chi connectivity index (χ4v) is 2.42. The van der Waals surface area contributed by atoms with E-state index in [0.29, 0.717) is 6.04 Å². The monoisotopic (exact) mass is 283 g/mol. The number of halogens is 2. The van der Waals surface area contributed by atoms with E-state index >= 15 is 0 Å². The Bertz CT molecular complexity index is 475. The third kappa shape index (κ3) is 3.74. The first-order valence-electron chi connectivity index (χ1n) is 6.80. The number of nitrogens with one attached hydrogen (secondary N) is 2. The third-order valence-electron chi connectivity index (χ3n) is 3.51. The lowest BCUT2D eigenvalue weighted by Crippen LogP contribution is -2.41. The third-order valence-corrected chi connectivity index (χ3v) is 3.51. The first kappa shape index (κ1) is 14.9. The summed E-state index contributed by atoms with van der Waals surface area (Å²) in [6.07, 6.45) is 1.01. The highest BCUT2D eigenvalue weighted by Gasteiger charge is 2.23. The fourth-order valence-electron chi connectivity index (χ4n) is 2.42. The van der Waals surface area contributed by atoms with Crippen LogP contribution in [-0.4, -0.2) is 43.0 Å². The second-order valence-corrected chi connectivity index (χ2v) is 4.88. The van der Waals surface area contributed by atoms with E-state index in [1.54, 1.807) is 0 Å². The Morgan fingerprint density at radius 2 is 2.30 bits per heavy atom. The van der Waals surface area contributed by atoms with Crippen molar-refractivity contribution in [3.8, 4) is 0 Å². The molecule has 20 heavy (non-hydrogen) atoms. The molecule has 1 aliphatic rings. The summed E-state index contributed by atoms with van der Waals surface area (Å²) in [6, 6.07) is 3.45. The maximum atomic E-state index is 13.5. The Morgan fingerprint density at radius 3 is 2.90 bits per heavy atom. The van der Waals surface area contributed by atoms with E-state index in [9.17, 15) is 13.6 Å². The molecule has 1 aromatic rings. The number of hydrogen-bond acceptors (Lipinski definition) is 3. The van der Waals surface area contributed by atoms with Gasteiger partial charge >= 0.3 is 0 Å². The lowest BCUT2D eigenvalue weighted by atomic mass is 10.2. The van der Waals surface area contributed by atoms with Gasteiger partial charge in [0.1, 0.15) is 11.6 Å². The highest BCUT2D eigenvalue weighted by atomic mass is 19.1. The Balaban J connectivity index is 1.93. The van der Waals surface area contributed by atoms with E-state index in [-0.39, 0.29) is 18.1 Å². The molecule has 0 saturated carbocycles. The number of amides is 1. The standard InChI is InChI=1S/C14H19F2N3O/c1-2-19(11-5-6-17-8-11)9-14(20)18-13-4-3-10(15)7-12(13)16/h3-4,7,11,17H,2,5-6,8-9H2,1H3,(H,18,20). The van der Waals surface area contributed by atoms with Crippen molar-refractivity contribution < 1.29 is 13.6 Å². The average Bonchev–Trinajstić information content (AvgIpc) is 2.93. The molecule has 1 heterocycles. The molecule has 0 aromatic heterocycles. The van der Waals surface area contributed by atoms with Crippen LogP contribution in [0.2, 0.25) is 0 Å². The lowest BCUT2D eigenvalue weighted by Gasteiger charge is -2.26. The molecule has 1 amide bonds. The van der Waals surface area contributed by atoms with Gasteiger partial charge in [0.2, 0.25) is 5.91 Å². The van der Waals surface area contributed by atoms with Crippen LogP contribution in [0.5, 0.6) is 0 Å². The van der Waals surface area contributed by atoms with Gasteiger partial charge in [-0.2, -0.15) is 0 Å². The van der Waals surface area contributed by atoms with Crippen LogP contribution in [0, 0.1) is 11.6 Å². The largest absolute Gasteiger partial charge is 0.322 e. The van der Waals surface area contributed by atoms with Crippen LogP contribution >= 0.6 is 0 Å². The fraction of sp³-hybridized carbons (Fsp3) is 0.500. The minimum atomic E-state index is -0.760. The van der Waals surface area contributed by atoms with E-state index in [2.05, 4.69) is 15.5 Å². The predicted molar refractivity (Wildman–Crippen MR) is 73.5 cm³/mol.